The van der Waals surface area contributed by atoms with Gasteiger partial charge in [-0.1, -0.05) is 0 Å². The van der Waals surface area contributed by atoms with Crippen molar-refractivity contribution in [1.29, 1.82) is 0 Å². The highest BCUT2D eigenvalue weighted by atomic mass is 19.4. The molecule has 1 aromatic heterocycles. The van der Waals surface area contributed by atoms with E-state index in [1.807, 2.05) is 0 Å². The molecule has 0 aromatic carbocycles. The van der Waals surface area contributed by atoms with E-state index in [0.29, 0.717) is 6.07 Å². The summed E-state index contributed by atoms with van der Waals surface area (Å²) in [6.45, 7) is 1.67. The van der Waals surface area contributed by atoms with Crippen molar-refractivity contribution in [3.05, 3.63) is 23.9 Å². The summed E-state index contributed by atoms with van der Waals surface area (Å²) in [4.78, 5) is 3.40. The van der Waals surface area contributed by atoms with Crippen LogP contribution in [0.4, 0.5) is 13.2 Å². The van der Waals surface area contributed by atoms with Crippen LogP contribution >= 0.6 is 0 Å². The Labute approximate surface area is 74.8 Å². The lowest BCUT2D eigenvalue weighted by Gasteiger charge is -2.10. The highest BCUT2D eigenvalue weighted by molar-refractivity contribution is 5.28. The van der Waals surface area contributed by atoms with Crippen molar-refractivity contribution in [2.75, 3.05) is 6.61 Å². The second kappa shape index (κ2) is 3.64. The summed E-state index contributed by atoms with van der Waals surface area (Å²) in [7, 11) is 0. The van der Waals surface area contributed by atoms with Gasteiger partial charge in [0, 0.05) is 6.20 Å². The number of alkyl halides is 3. The van der Waals surface area contributed by atoms with Crippen molar-refractivity contribution >= 4 is 0 Å². The van der Waals surface area contributed by atoms with E-state index in [9.17, 15) is 13.2 Å². The van der Waals surface area contributed by atoms with Gasteiger partial charge in [-0.05, 0) is 19.0 Å². The molecule has 72 valence electrons. The molecule has 0 aliphatic heterocycles. The van der Waals surface area contributed by atoms with E-state index in [-0.39, 0.29) is 12.6 Å². The number of halogens is 3. The maximum atomic E-state index is 12.3. The van der Waals surface area contributed by atoms with Crippen molar-refractivity contribution in [3.8, 4) is 5.88 Å². The zero-order valence-electron chi connectivity index (χ0n) is 7.85. The molecule has 1 rings (SSSR count). The van der Waals surface area contributed by atoms with Gasteiger partial charge in [-0.2, -0.15) is 13.2 Å². The SMILES string of the molecule is [2H]c1cnc(OCC)c(C(F)(F)F)c1. The molecule has 0 amide bonds. The number of ether oxygens (including phenoxy) is 1. The van der Waals surface area contributed by atoms with Crippen LogP contribution in [0.25, 0.3) is 0 Å². The molecule has 0 unspecified atom stereocenters. The van der Waals surface area contributed by atoms with E-state index in [0.717, 1.165) is 6.20 Å². The molecule has 0 spiro atoms. The molecule has 0 saturated carbocycles. The van der Waals surface area contributed by atoms with E-state index in [4.69, 9.17) is 6.11 Å². The van der Waals surface area contributed by atoms with Gasteiger partial charge in [0.25, 0.3) is 0 Å². The van der Waals surface area contributed by atoms with Crippen molar-refractivity contribution in [2.24, 2.45) is 0 Å². The first-order valence-electron chi connectivity index (χ1n) is 4.11. The van der Waals surface area contributed by atoms with Gasteiger partial charge in [-0.3, -0.25) is 0 Å². The first kappa shape index (κ1) is 8.34. The molecule has 13 heavy (non-hydrogen) atoms. The smallest absolute Gasteiger partial charge is 0.421 e. The lowest BCUT2D eigenvalue weighted by Crippen LogP contribution is -2.09. The zero-order valence-corrected chi connectivity index (χ0v) is 6.85. The Bertz CT molecular complexity index is 327. The third-order valence-electron chi connectivity index (χ3n) is 1.30. The molecule has 2 nitrogen and oxygen atoms in total. The molecule has 0 atom stereocenters. The fourth-order valence-corrected chi connectivity index (χ4v) is 0.803. The van der Waals surface area contributed by atoms with Gasteiger partial charge in [-0.15, -0.1) is 0 Å². The van der Waals surface area contributed by atoms with Gasteiger partial charge in [0.15, 0.2) is 0 Å². The van der Waals surface area contributed by atoms with Crippen LogP contribution in [-0.2, 0) is 6.18 Å². The Kier molecular flexibility index (Phi) is 2.33. The average molecular weight is 192 g/mol. The van der Waals surface area contributed by atoms with Gasteiger partial charge in [0.1, 0.15) is 5.56 Å². The molecular weight excluding hydrogens is 183 g/mol. The van der Waals surface area contributed by atoms with Crippen molar-refractivity contribution in [1.82, 2.24) is 4.98 Å². The number of hydrogen-bond acceptors (Lipinski definition) is 2. The normalized spacial score (nSPS) is 12.5. The maximum Gasteiger partial charge on any atom is 0.421 e. The number of aromatic nitrogens is 1. The molecular formula is C8H8F3NO. The lowest BCUT2D eigenvalue weighted by atomic mass is 10.2. The summed E-state index contributed by atoms with van der Waals surface area (Å²) in [5.74, 6) is -0.476. The third-order valence-corrected chi connectivity index (χ3v) is 1.30. The molecule has 1 heterocycles. The van der Waals surface area contributed by atoms with Gasteiger partial charge >= 0.3 is 6.18 Å². The Balaban J connectivity index is 3.16. The van der Waals surface area contributed by atoms with E-state index < -0.39 is 17.6 Å². The van der Waals surface area contributed by atoms with Gasteiger partial charge < -0.3 is 4.74 Å². The largest absolute Gasteiger partial charge is 0.478 e. The van der Waals surface area contributed by atoms with E-state index in [2.05, 4.69) is 4.98 Å². The second-order valence-electron chi connectivity index (χ2n) is 2.22. The second-order valence-corrected chi connectivity index (χ2v) is 2.22. The zero-order chi connectivity index (χ0) is 10.8. The molecule has 5 heteroatoms. The summed E-state index contributed by atoms with van der Waals surface area (Å²) < 4.78 is 48.8. The summed E-state index contributed by atoms with van der Waals surface area (Å²) >= 11 is 0. The quantitative estimate of drug-likeness (QED) is 0.718. The molecule has 0 bridgehead atoms. The van der Waals surface area contributed by atoms with Crippen LogP contribution in [0.3, 0.4) is 0 Å². The Morgan fingerprint density at radius 1 is 1.62 bits per heavy atom. The Hall–Kier alpha value is -1.26. The summed E-state index contributed by atoms with van der Waals surface area (Å²) in [5, 5.41) is 0. The third kappa shape index (κ3) is 2.34. The molecule has 0 N–H and O–H groups in total. The fourth-order valence-electron chi connectivity index (χ4n) is 0.803. The summed E-state index contributed by atoms with van der Waals surface area (Å²) in [6.07, 6.45) is -3.52. The predicted molar refractivity (Wildman–Crippen MR) is 40.4 cm³/mol. The summed E-state index contributed by atoms with van der Waals surface area (Å²) in [6, 6.07) is 0.402. The van der Waals surface area contributed by atoms with Crippen molar-refractivity contribution < 1.29 is 19.3 Å². The van der Waals surface area contributed by atoms with Gasteiger partial charge in [0.2, 0.25) is 5.88 Å². The summed E-state index contributed by atoms with van der Waals surface area (Å²) in [5.41, 5.74) is -1.01. The van der Waals surface area contributed by atoms with Crippen LogP contribution in [0.5, 0.6) is 5.88 Å². The minimum Gasteiger partial charge on any atom is -0.478 e. The topological polar surface area (TPSA) is 22.1 Å². The van der Waals surface area contributed by atoms with Crippen LogP contribution in [-0.4, -0.2) is 11.6 Å². The number of hydrogen-bond donors (Lipinski definition) is 0. The first-order chi connectivity index (χ1) is 6.45. The molecule has 0 radical (unpaired) electrons. The first-order valence-corrected chi connectivity index (χ1v) is 3.61. The highest BCUT2D eigenvalue weighted by Crippen LogP contribution is 2.34. The van der Waals surface area contributed by atoms with E-state index in [1.165, 1.54) is 0 Å². The van der Waals surface area contributed by atoms with Gasteiger partial charge in [-0.25, -0.2) is 4.98 Å². The minimum absolute atomic E-state index is 0.105. The van der Waals surface area contributed by atoms with Crippen LogP contribution < -0.4 is 4.74 Å². The monoisotopic (exact) mass is 192 g/mol. The van der Waals surface area contributed by atoms with Crippen LogP contribution in [0.2, 0.25) is 0 Å². The molecule has 0 saturated heterocycles. The molecule has 0 aliphatic carbocycles. The number of nitrogens with zero attached hydrogens (tertiary/aromatic N) is 1. The van der Waals surface area contributed by atoms with Crippen LogP contribution in [0.1, 0.15) is 13.9 Å². The highest BCUT2D eigenvalue weighted by Gasteiger charge is 2.34. The average Bonchev–Trinajstić information content (AvgIpc) is 2.07. The van der Waals surface area contributed by atoms with Crippen molar-refractivity contribution in [2.45, 2.75) is 13.1 Å². The number of pyridine rings is 1. The lowest BCUT2D eigenvalue weighted by molar-refractivity contribution is -0.139. The Morgan fingerprint density at radius 2 is 2.31 bits per heavy atom. The maximum absolute atomic E-state index is 12.3. The van der Waals surface area contributed by atoms with E-state index in [1.54, 1.807) is 6.92 Å². The molecule has 0 aliphatic rings. The van der Waals surface area contributed by atoms with E-state index >= 15 is 0 Å². The number of rotatable bonds is 2. The molecule has 0 fully saturated rings. The molecule has 1 aromatic rings. The van der Waals surface area contributed by atoms with Gasteiger partial charge in [0.05, 0.1) is 7.98 Å². The van der Waals surface area contributed by atoms with Crippen LogP contribution in [0, 0.1) is 0 Å². The minimum atomic E-state index is -4.53. The predicted octanol–water partition coefficient (Wildman–Crippen LogP) is 2.50. The van der Waals surface area contributed by atoms with Crippen LogP contribution in [0.15, 0.2) is 18.3 Å². The van der Waals surface area contributed by atoms with Crippen molar-refractivity contribution in [3.63, 3.8) is 0 Å². The Morgan fingerprint density at radius 3 is 2.85 bits per heavy atom. The fraction of sp³-hybridized carbons (Fsp3) is 0.375. The standard InChI is InChI=1S/C8H8F3NO/c1-2-13-7-6(8(9,10)11)4-3-5-12-7/h3-5H,2H2,1H3/i3D.